The molecule has 1 N–H and O–H groups in total. The van der Waals surface area contributed by atoms with Gasteiger partial charge >= 0.3 is 0 Å². The van der Waals surface area contributed by atoms with Crippen molar-refractivity contribution in [2.24, 2.45) is 11.8 Å². The first-order valence-corrected chi connectivity index (χ1v) is 5.75. The molecule has 3 atom stereocenters. The first kappa shape index (κ1) is 8.25. The average Bonchev–Trinajstić information content (AvgIpc) is 2.79. The van der Waals surface area contributed by atoms with Crippen molar-refractivity contribution in [2.45, 2.75) is 44.2 Å². The third kappa shape index (κ3) is 1.50. The number of nitrogens with zero attached hydrogens (tertiary/aromatic N) is 1. The van der Waals surface area contributed by atoms with Crippen molar-refractivity contribution in [2.75, 3.05) is 13.1 Å². The van der Waals surface area contributed by atoms with Crippen LogP contribution in [-0.2, 0) is 0 Å². The van der Waals surface area contributed by atoms with Crippen LogP contribution in [0.4, 0.5) is 0 Å². The van der Waals surface area contributed by atoms with Gasteiger partial charge in [0.2, 0.25) is 0 Å². The lowest BCUT2D eigenvalue weighted by molar-refractivity contribution is 0.0797. The van der Waals surface area contributed by atoms with E-state index in [1.807, 2.05) is 0 Å². The topological polar surface area (TPSA) is 23.5 Å². The van der Waals surface area contributed by atoms with E-state index in [1.54, 1.807) is 0 Å². The molecule has 1 saturated heterocycles. The second kappa shape index (κ2) is 2.96. The summed E-state index contributed by atoms with van der Waals surface area (Å²) in [5.41, 5.74) is 0. The van der Waals surface area contributed by atoms with Crippen LogP contribution in [0.15, 0.2) is 0 Å². The van der Waals surface area contributed by atoms with Crippen LogP contribution in [0.1, 0.15) is 32.1 Å². The average molecular weight is 181 g/mol. The van der Waals surface area contributed by atoms with E-state index in [2.05, 4.69) is 4.90 Å². The number of aliphatic hydroxyl groups is 1. The number of rotatable bonds is 3. The Labute approximate surface area is 79.9 Å². The van der Waals surface area contributed by atoms with Crippen LogP contribution in [0.5, 0.6) is 0 Å². The molecule has 3 unspecified atom stereocenters. The molecule has 1 aliphatic heterocycles. The lowest BCUT2D eigenvalue weighted by Crippen LogP contribution is -2.38. The summed E-state index contributed by atoms with van der Waals surface area (Å²) in [5, 5.41) is 9.84. The highest BCUT2D eigenvalue weighted by molar-refractivity contribution is 4.94. The number of hydrogen-bond acceptors (Lipinski definition) is 2. The molecule has 2 bridgehead atoms. The van der Waals surface area contributed by atoms with E-state index in [0.29, 0.717) is 5.92 Å². The zero-order valence-corrected chi connectivity index (χ0v) is 8.15. The number of β-amino-alcohol motifs (C(OH)–C–C–N with tert-alkyl or cyclic N) is 1. The molecule has 3 fully saturated rings. The second-order valence-electron chi connectivity index (χ2n) is 5.19. The minimum atomic E-state index is -0.0145. The summed E-state index contributed by atoms with van der Waals surface area (Å²) < 4.78 is 0. The van der Waals surface area contributed by atoms with Crippen LogP contribution in [0.25, 0.3) is 0 Å². The molecule has 3 aliphatic rings. The van der Waals surface area contributed by atoms with E-state index in [9.17, 15) is 5.11 Å². The Bertz CT molecular complexity index is 202. The Morgan fingerprint density at radius 2 is 2.08 bits per heavy atom. The first-order chi connectivity index (χ1) is 6.33. The molecule has 0 aromatic carbocycles. The smallest absolute Gasteiger partial charge is 0.0695 e. The van der Waals surface area contributed by atoms with Crippen molar-refractivity contribution in [1.82, 2.24) is 4.90 Å². The maximum Gasteiger partial charge on any atom is 0.0695 e. The minimum absolute atomic E-state index is 0.0145. The molecule has 2 nitrogen and oxygen atoms in total. The van der Waals surface area contributed by atoms with Gasteiger partial charge in [0.15, 0.2) is 0 Å². The number of aliphatic hydroxyl groups excluding tert-OH is 1. The minimum Gasteiger partial charge on any atom is -0.392 e. The SMILES string of the molecule is OC(CN1CC2CCC1C2)C1CC1. The standard InChI is InChI=1S/C11H19NO/c13-11(9-2-3-9)7-12-6-8-1-4-10(12)5-8/h8-11,13H,1-7H2. The van der Waals surface area contributed by atoms with Crippen molar-refractivity contribution in [3.8, 4) is 0 Å². The monoisotopic (exact) mass is 181 g/mol. The molecule has 0 aromatic heterocycles. The number of hydrogen-bond donors (Lipinski definition) is 1. The lowest BCUT2D eigenvalue weighted by atomic mass is 10.1. The highest BCUT2D eigenvalue weighted by atomic mass is 16.3. The van der Waals surface area contributed by atoms with E-state index in [-0.39, 0.29) is 6.10 Å². The van der Waals surface area contributed by atoms with Crippen molar-refractivity contribution >= 4 is 0 Å². The van der Waals surface area contributed by atoms with E-state index < -0.39 is 0 Å². The molecule has 0 radical (unpaired) electrons. The fourth-order valence-electron chi connectivity index (χ4n) is 3.12. The molecular weight excluding hydrogens is 162 g/mol. The summed E-state index contributed by atoms with van der Waals surface area (Å²) in [6.07, 6.45) is 6.77. The van der Waals surface area contributed by atoms with Gasteiger partial charge in [-0.3, -0.25) is 4.90 Å². The van der Waals surface area contributed by atoms with E-state index in [4.69, 9.17) is 0 Å². The van der Waals surface area contributed by atoms with E-state index in [0.717, 1.165) is 18.5 Å². The molecule has 74 valence electrons. The zero-order chi connectivity index (χ0) is 8.84. The Morgan fingerprint density at radius 1 is 1.23 bits per heavy atom. The highest BCUT2D eigenvalue weighted by Crippen LogP contribution is 2.39. The zero-order valence-electron chi connectivity index (χ0n) is 8.15. The van der Waals surface area contributed by atoms with Gasteiger partial charge in [0.1, 0.15) is 0 Å². The van der Waals surface area contributed by atoms with Crippen molar-refractivity contribution in [3.63, 3.8) is 0 Å². The van der Waals surface area contributed by atoms with Crippen LogP contribution >= 0.6 is 0 Å². The van der Waals surface area contributed by atoms with Gasteiger partial charge in [0.05, 0.1) is 6.10 Å². The second-order valence-corrected chi connectivity index (χ2v) is 5.19. The normalized spacial score (nSPS) is 41.3. The number of fused-ring (bicyclic) bond motifs is 2. The first-order valence-electron chi connectivity index (χ1n) is 5.75. The van der Waals surface area contributed by atoms with Gasteiger partial charge in [-0.25, -0.2) is 0 Å². The van der Waals surface area contributed by atoms with Gasteiger partial charge in [-0.15, -0.1) is 0 Å². The van der Waals surface area contributed by atoms with Gasteiger partial charge < -0.3 is 5.11 Å². The van der Waals surface area contributed by atoms with Gasteiger partial charge in [-0.05, 0) is 43.9 Å². The third-order valence-corrected chi connectivity index (χ3v) is 4.11. The van der Waals surface area contributed by atoms with E-state index >= 15 is 0 Å². The lowest BCUT2D eigenvalue weighted by Gasteiger charge is -2.28. The fraction of sp³-hybridized carbons (Fsp3) is 1.00. The Hall–Kier alpha value is -0.0800. The molecule has 0 spiro atoms. The van der Waals surface area contributed by atoms with Gasteiger partial charge in [-0.2, -0.15) is 0 Å². The summed E-state index contributed by atoms with van der Waals surface area (Å²) in [7, 11) is 0. The fourth-order valence-corrected chi connectivity index (χ4v) is 3.12. The molecule has 3 rings (SSSR count). The summed E-state index contributed by atoms with van der Waals surface area (Å²) in [6.45, 7) is 2.24. The molecule has 2 heteroatoms. The summed E-state index contributed by atoms with van der Waals surface area (Å²) >= 11 is 0. The molecule has 13 heavy (non-hydrogen) atoms. The van der Waals surface area contributed by atoms with Crippen LogP contribution in [0.2, 0.25) is 0 Å². The predicted octanol–water partition coefficient (Wildman–Crippen LogP) is 1.24. The summed E-state index contributed by atoms with van der Waals surface area (Å²) in [4.78, 5) is 2.54. The van der Waals surface area contributed by atoms with Gasteiger partial charge in [0.25, 0.3) is 0 Å². The maximum absolute atomic E-state index is 9.84. The van der Waals surface area contributed by atoms with Crippen LogP contribution in [-0.4, -0.2) is 35.2 Å². The molecule has 0 amide bonds. The molecule has 2 aliphatic carbocycles. The molecule has 1 heterocycles. The van der Waals surface area contributed by atoms with Gasteiger partial charge in [-0.1, -0.05) is 0 Å². The van der Waals surface area contributed by atoms with Crippen LogP contribution < -0.4 is 0 Å². The molecule has 2 saturated carbocycles. The number of piperidine rings is 1. The van der Waals surface area contributed by atoms with Crippen molar-refractivity contribution in [1.29, 1.82) is 0 Å². The Kier molecular flexibility index (Phi) is 1.88. The largest absolute Gasteiger partial charge is 0.392 e. The Balaban J connectivity index is 1.55. The van der Waals surface area contributed by atoms with Crippen molar-refractivity contribution in [3.05, 3.63) is 0 Å². The summed E-state index contributed by atoms with van der Waals surface area (Å²) in [5.74, 6) is 1.62. The van der Waals surface area contributed by atoms with E-state index in [1.165, 1.54) is 38.6 Å². The Morgan fingerprint density at radius 3 is 2.62 bits per heavy atom. The highest BCUT2D eigenvalue weighted by Gasteiger charge is 2.40. The maximum atomic E-state index is 9.84. The molecule has 0 aromatic rings. The quantitative estimate of drug-likeness (QED) is 0.708. The van der Waals surface area contributed by atoms with Crippen LogP contribution in [0, 0.1) is 11.8 Å². The number of likely N-dealkylation sites (tertiary alicyclic amines) is 1. The van der Waals surface area contributed by atoms with Crippen molar-refractivity contribution < 1.29 is 5.11 Å². The predicted molar refractivity (Wildman–Crippen MR) is 51.4 cm³/mol. The summed E-state index contributed by atoms with van der Waals surface area (Å²) in [6, 6.07) is 0.832. The third-order valence-electron chi connectivity index (χ3n) is 4.11. The van der Waals surface area contributed by atoms with Gasteiger partial charge in [0, 0.05) is 19.1 Å². The van der Waals surface area contributed by atoms with Crippen LogP contribution in [0.3, 0.4) is 0 Å². The molecular formula is C11H19NO.